The highest BCUT2D eigenvalue weighted by atomic mass is 15.2. The first-order valence-electron chi connectivity index (χ1n) is 5.96. The van der Waals surface area contributed by atoms with Crippen molar-refractivity contribution >= 4 is 10.9 Å². The van der Waals surface area contributed by atoms with Gasteiger partial charge in [-0.1, -0.05) is 18.2 Å². The molecule has 0 aliphatic rings. The molecule has 0 aliphatic carbocycles. The fraction of sp³-hybridized carbons (Fsp3) is 0.0714. The van der Waals surface area contributed by atoms with E-state index in [1.807, 2.05) is 30.3 Å². The number of hydrogen-bond acceptors (Lipinski definition) is 5. The molecule has 5 heteroatoms. The Balaban J connectivity index is 2.17. The lowest BCUT2D eigenvalue weighted by Gasteiger charge is -2.17. The summed E-state index contributed by atoms with van der Waals surface area (Å²) in [6, 6.07) is 9.69. The van der Waals surface area contributed by atoms with Gasteiger partial charge in [0, 0.05) is 24.0 Å². The van der Waals surface area contributed by atoms with Crippen LogP contribution >= 0.6 is 0 Å². The maximum Gasteiger partial charge on any atom is 0.0903 e. The number of nitrogens with one attached hydrogen (secondary N) is 1. The van der Waals surface area contributed by atoms with Gasteiger partial charge in [0.1, 0.15) is 0 Å². The van der Waals surface area contributed by atoms with Crippen molar-refractivity contribution in [3.63, 3.8) is 0 Å². The number of hydrogen-bond donors (Lipinski definition) is 2. The Morgan fingerprint density at radius 1 is 1.00 bits per heavy atom. The average Bonchev–Trinajstić information content (AvgIpc) is 2.49. The fourth-order valence-electron chi connectivity index (χ4n) is 2.17. The van der Waals surface area contributed by atoms with E-state index in [1.165, 1.54) is 0 Å². The van der Waals surface area contributed by atoms with Crippen LogP contribution in [0.25, 0.3) is 10.9 Å². The van der Waals surface area contributed by atoms with Gasteiger partial charge in [-0.25, -0.2) is 5.43 Å². The average molecular weight is 251 g/mol. The fourth-order valence-corrected chi connectivity index (χ4v) is 2.17. The van der Waals surface area contributed by atoms with Crippen LogP contribution in [-0.4, -0.2) is 15.0 Å². The molecule has 3 rings (SSSR count). The van der Waals surface area contributed by atoms with Crippen molar-refractivity contribution in [2.75, 3.05) is 0 Å². The minimum absolute atomic E-state index is 0.207. The Morgan fingerprint density at radius 2 is 1.95 bits per heavy atom. The molecule has 0 saturated carbocycles. The molecule has 0 spiro atoms. The van der Waals surface area contributed by atoms with Crippen LogP contribution in [0.5, 0.6) is 0 Å². The summed E-state index contributed by atoms with van der Waals surface area (Å²) in [7, 11) is 0. The second-order valence-electron chi connectivity index (χ2n) is 4.15. The Hall–Kier alpha value is -2.37. The molecule has 0 radical (unpaired) electrons. The zero-order chi connectivity index (χ0) is 13.1. The summed E-state index contributed by atoms with van der Waals surface area (Å²) >= 11 is 0. The summed E-state index contributed by atoms with van der Waals surface area (Å²) in [5.41, 5.74) is 5.55. The molecule has 1 atom stereocenters. The molecule has 3 aromatic rings. The van der Waals surface area contributed by atoms with Crippen LogP contribution in [0.4, 0.5) is 0 Å². The van der Waals surface area contributed by atoms with E-state index in [1.54, 1.807) is 24.8 Å². The maximum absolute atomic E-state index is 5.69. The summed E-state index contributed by atoms with van der Waals surface area (Å²) in [5, 5.41) is 1.05. The van der Waals surface area contributed by atoms with E-state index in [4.69, 9.17) is 5.84 Å². The second-order valence-corrected chi connectivity index (χ2v) is 4.15. The van der Waals surface area contributed by atoms with Crippen LogP contribution in [0.15, 0.2) is 55.1 Å². The zero-order valence-electron chi connectivity index (χ0n) is 10.2. The topological polar surface area (TPSA) is 76.7 Å². The smallest absolute Gasteiger partial charge is 0.0903 e. The molecule has 0 fully saturated rings. The van der Waals surface area contributed by atoms with E-state index in [0.29, 0.717) is 0 Å². The molecular formula is C14H13N5. The van der Waals surface area contributed by atoms with Crippen molar-refractivity contribution in [2.45, 2.75) is 6.04 Å². The first-order valence-corrected chi connectivity index (χ1v) is 5.96. The molecule has 19 heavy (non-hydrogen) atoms. The molecule has 3 N–H and O–H groups in total. The molecule has 0 saturated heterocycles. The Labute approximate surface area is 110 Å². The lowest BCUT2D eigenvalue weighted by molar-refractivity contribution is 0.621. The first-order chi connectivity index (χ1) is 9.40. The van der Waals surface area contributed by atoms with Gasteiger partial charge in [-0.3, -0.25) is 20.8 Å². The van der Waals surface area contributed by atoms with Gasteiger partial charge in [-0.15, -0.1) is 0 Å². The Morgan fingerprint density at radius 3 is 2.74 bits per heavy atom. The number of aromatic nitrogens is 3. The second kappa shape index (κ2) is 5.09. The number of fused-ring (bicyclic) bond motifs is 1. The van der Waals surface area contributed by atoms with Crippen molar-refractivity contribution < 1.29 is 0 Å². The molecule has 1 aromatic carbocycles. The summed E-state index contributed by atoms with van der Waals surface area (Å²) < 4.78 is 0. The largest absolute Gasteiger partial charge is 0.271 e. The highest BCUT2D eigenvalue weighted by molar-refractivity contribution is 5.82. The molecule has 94 valence electrons. The van der Waals surface area contributed by atoms with Crippen LogP contribution < -0.4 is 11.3 Å². The summed E-state index contributed by atoms with van der Waals surface area (Å²) in [6.07, 6.45) is 6.78. The minimum Gasteiger partial charge on any atom is -0.271 e. The number of nitrogens with zero attached hydrogens (tertiary/aromatic N) is 3. The Kier molecular flexibility index (Phi) is 3.14. The maximum atomic E-state index is 5.69. The molecule has 2 heterocycles. The van der Waals surface area contributed by atoms with Crippen molar-refractivity contribution in [3.05, 3.63) is 66.4 Å². The quantitative estimate of drug-likeness (QED) is 0.546. The van der Waals surface area contributed by atoms with Gasteiger partial charge in [-0.05, 0) is 17.7 Å². The van der Waals surface area contributed by atoms with Crippen LogP contribution in [0.2, 0.25) is 0 Å². The molecule has 0 aliphatic heterocycles. The van der Waals surface area contributed by atoms with Gasteiger partial charge in [0.2, 0.25) is 0 Å². The van der Waals surface area contributed by atoms with Gasteiger partial charge in [0.05, 0.1) is 23.4 Å². The number of nitrogens with two attached hydrogens (primary N) is 1. The van der Waals surface area contributed by atoms with E-state index in [9.17, 15) is 0 Å². The predicted octanol–water partition coefficient (Wildman–Crippen LogP) is 1.58. The van der Waals surface area contributed by atoms with E-state index in [0.717, 1.165) is 22.2 Å². The zero-order valence-corrected chi connectivity index (χ0v) is 10.2. The van der Waals surface area contributed by atoms with E-state index < -0.39 is 0 Å². The van der Waals surface area contributed by atoms with E-state index in [-0.39, 0.29) is 6.04 Å². The highest BCUT2D eigenvalue weighted by Gasteiger charge is 2.16. The standard InChI is InChI=1S/C14H13N5/c15-19-14(13-9-16-7-8-18-13)11-3-1-5-12-10(11)4-2-6-17-12/h1-9,14,19H,15H2. The summed E-state index contributed by atoms with van der Waals surface area (Å²) in [6.45, 7) is 0. The van der Waals surface area contributed by atoms with Crippen LogP contribution in [0, 0.1) is 0 Å². The SMILES string of the molecule is NNC(c1cnccn1)c1cccc2ncccc12. The molecule has 2 aromatic heterocycles. The van der Waals surface area contributed by atoms with Crippen molar-refractivity contribution in [3.8, 4) is 0 Å². The molecular weight excluding hydrogens is 238 g/mol. The molecule has 1 unspecified atom stereocenters. The normalized spacial score (nSPS) is 12.5. The monoisotopic (exact) mass is 251 g/mol. The first kappa shape index (κ1) is 11.7. The number of benzene rings is 1. The van der Waals surface area contributed by atoms with Crippen molar-refractivity contribution in [1.29, 1.82) is 0 Å². The highest BCUT2D eigenvalue weighted by Crippen LogP contribution is 2.26. The third-order valence-corrected chi connectivity index (χ3v) is 3.04. The van der Waals surface area contributed by atoms with Crippen LogP contribution in [-0.2, 0) is 0 Å². The van der Waals surface area contributed by atoms with E-state index in [2.05, 4.69) is 20.4 Å². The predicted molar refractivity (Wildman–Crippen MR) is 72.9 cm³/mol. The van der Waals surface area contributed by atoms with Gasteiger partial charge in [0.15, 0.2) is 0 Å². The molecule has 5 nitrogen and oxygen atoms in total. The lowest BCUT2D eigenvalue weighted by Crippen LogP contribution is -2.29. The van der Waals surface area contributed by atoms with Crippen LogP contribution in [0.3, 0.4) is 0 Å². The van der Waals surface area contributed by atoms with Gasteiger partial charge in [0.25, 0.3) is 0 Å². The van der Waals surface area contributed by atoms with Gasteiger partial charge >= 0.3 is 0 Å². The molecule has 0 amide bonds. The minimum atomic E-state index is -0.207. The van der Waals surface area contributed by atoms with Gasteiger partial charge in [-0.2, -0.15) is 0 Å². The lowest BCUT2D eigenvalue weighted by atomic mass is 9.99. The third kappa shape index (κ3) is 2.16. The van der Waals surface area contributed by atoms with Gasteiger partial charge < -0.3 is 0 Å². The van der Waals surface area contributed by atoms with Crippen molar-refractivity contribution in [2.24, 2.45) is 5.84 Å². The molecule has 0 bridgehead atoms. The number of rotatable bonds is 3. The Bertz CT molecular complexity index is 678. The van der Waals surface area contributed by atoms with Crippen LogP contribution in [0.1, 0.15) is 17.3 Å². The van der Waals surface area contributed by atoms with Crippen molar-refractivity contribution in [1.82, 2.24) is 20.4 Å². The van der Waals surface area contributed by atoms with E-state index >= 15 is 0 Å². The summed E-state index contributed by atoms with van der Waals surface area (Å²) in [4.78, 5) is 12.7. The number of pyridine rings is 1. The summed E-state index contributed by atoms with van der Waals surface area (Å²) in [5.74, 6) is 5.69. The third-order valence-electron chi connectivity index (χ3n) is 3.04. The number of hydrazine groups is 1.